The minimum absolute atomic E-state index is 0.0497. The molecule has 3 nitrogen and oxygen atoms in total. The number of hydrogen-bond acceptors (Lipinski definition) is 3. The van der Waals surface area contributed by atoms with Crippen molar-refractivity contribution in [2.45, 2.75) is 0 Å². The molecule has 0 aliphatic rings. The number of halogens is 1. The van der Waals surface area contributed by atoms with Crippen LogP contribution in [0.15, 0.2) is 18.2 Å². The van der Waals surface area contributed by atoms with Gasteiger partial charge in [-0.25, -0.2) is 0 Å². The van der Waals surface area contributed by atoms with E-state index in [-0.39, 0.29) is 5.75 Å². The predicted octanol–water partition coefficient (Wildman–Crippen LogP) is 2.68. The van der Waals surface area contributed by atoms with Gasteiger partial charge in [-0.15, -0.1) is 0 Å². The number of aromatic hydroxyl groups is 1. The summed E-state index contributed by atoms with van der Waals surface area (Å²) >= 11 is 3.24. The van der Waals surface area contributed by atoms with Gasteiger partial charge in [0, 0.05) is 17.0 Å². The predicted molar refractivity (Wildman–Crippen MR) is 62.2 cm³/mol. The van der Waals surface area contributed by atoms with Crippen molar-refractivity contribution in [2.24, 2.45) is 0 Å². The normalized spacial score (nSPS) is 10.2. The van der Waals surface area contributed by atoms with Crippen LogP contribution in [0.4, 0.5) is 0 Å². The molecular weight excluding hydrogens is 258 g/mol. The number of ether oxygens (including phenoxy) is 1. The summed E-state index contributed by atoms with van der Waals surface area (Å²) in [6.45, 7) is 0. The molecule has 0 aliphatic heterocycles. The maximum absolute atomic E-state index is 9.73. The summed E-state index contributed by atoms with van der Waals surface area (Å²) in [7, 11) is 1.45. The van der Waals surface area contributed by atoms with Crippen LogP contribution in [0, 0.1) is 11.3 Å². The molecule has 1 aromatic carbocycles. The SMILES string of the molecule is COc1cc(C#N)cc(C=CCBr)c1O. The van der Waals surface area contributed by atoms with Crippen molar-refractivity contribution in [3.05, 3.63) is 29.3 Å². The molecule has 0 amide bonds. The van der Waals surface area contributed by atoms with Crippen LogP contribution in [-0.4, -0.2) is 17.5 Å². The smallest absolute Gasteiger partial charge is 0.165 e. The molecule has 0 fully saturated rings. The van der Waals surface area contributed by atoms with Crippen LogP contribution in [0.5, 0.6) is 11.5 Å². The first kappa shape index (κ1) is 11.6. The fourth-order valence-electron chi connectivity index (χ4n) is 1.15. The summed E-state index contributed by atoms with van der Waals surface area (Å²) in [6, 6.07) is 5.12. The monoisotopic (exact) mass is 267 g/mol. The highest BCUT2D eigenvalue weighted by Crippen LogP contribution is 2.32. The van der Waals surface area contributed by atoms with Crippen LogP contribution in [0.25, 0.3) is 6.08 Å². The lowest BCUT2D eigenvalue weighted by Gasteiger charge is -2.06. The number of hydrogen-bond donors (Lipinski definition) is 1. The Morgan fingerprint density at radius 3 is 2.87 bits per heavy atom. The molecule has 1 N–H and O–H groups in total. The lowest BCUT2D eigenvalue weighted by molar-refractivity contribution is 0.373. The van der Waals surface area contributed by atoms with E-state index in [0.29, 0.717) is 22.2 Å². The van der Waals surface area contributed by atoms with Crippen LogP contribution < -0.4 is 4.74 Å². The molecule has 0 heterocycles. The minimum atomic E-state index is 0.0497. The Morgan fingerprint density at radius 2 is 2.33 bits per heavy atom. The second-order valence-electron chi connectivity index (χ2n) is 2.78. The summed E-state index contributed by atoms with van der Waals surface area (Å²) in [5, 5.41) is 19.2. The average Bonchev–Trinajstić information content (AvgIpc) is 2.27. The van der Waals surface area contributed by atoms with Crippen LogP contribution >= 0.6 is 15.9 Å². The molecule has 4 heteroatoms. The molecule has 0 aliphatic carbocycles. The summed E-state index contributed by atoms with van der Waals surface area (Å²) < 4.78 is 4.96. The van der Waals surface area contributed by atoms with E-state index in [1.54, 1.807) is 12.1 Å². The molecule has 0 atom stereocenters. The van der Waals surface area contributed by atoms with E-state index in [2.05, 4.69) is 15.9 Å². The van der Waals surface area contributed by atoms with Gasteiger partial charge in [0.2, 0.25) is 0 Å². The number of phenols is 1. The summed E-state index contributed by atoms with van der Waals surface area (Å²) in [5.74, 6) is 0.358. The first-order valence-corrected chi connectivity index (χ1v) is 5.38. The number of allylic oxidation sites excluding steroid dienone is 1. The first-order valence-electron chi connectivity index (χ1n) is 4.26. The molecule has 0 saturated heterocycles. The fourth-order valence-corrected chi connectivity index (χ4v) is 1.34. The number of methoxy groups -OCH3 is 1. The number of benzene rings is 1. The highest BCUT2D eigenvalue weighted by Gasteiger charge is 2.07. The highest BCUT2D eigenvalue weighted by atomic mass is 79.9. The number of rotatable bonds is 3. The van der Waals surface area contributed by atoms with Crippen LogP contribution in [0.2, 0.25) is 0 Å². The van der Waals surface area contributed by atoms with E-state index in [1.807, 2.05) is 12.1 Å². The Morgan fingerprint density at radius 1 is 1.60 bits per heavy atom. The Kier molecular flexibility index (Phi) is 4.19. The highest BCUT2D eigenvalue weighted by molar-refractivity contribution is 9.09. The molecule has 0 aromatic heterocycles. The number of nitriles is 1. The van der Waals surface area contributed by atoms with E-state index >= 15 is 0 Å². The molecule has 0 saturated carbocycles. The first-order chi connectivity index (χ1) is 7.22. The van der Waals surface area contributed by atoms with Gasteiger partial charge >= 0.3 is 0 Å². The largest absolute Gasteiger partial charge is 0.504 e. The summed E-state index contributed by atoms with van der Waals surface area (Å²) in [4.78, 5) is 0. The number of phenolic OH excluding ortho intramolecular Hbond substituents is 1. The van der Waals surface area contributed by atoms with Crippen LogP contribution in [-0.2, 0) is 0 Å². The van der Waals surface area contributed by atoms with Gasteiger partial charge in [-0.05, 0) is 6.07 Å². The lowest BCUT2D eigenvalue weighted by atomic mass is 10.1. The van der Waals surface area contributed by atoms with E-state index in [9.17, 15) is 5.11 Å². The standard InChI is InChI=1S/C11H10BrNO2/c1-15-10-6-8(7-13)5-9(11(10)14)3-2-4-12/h2-3,5-6,14H,4H2,1H3. The topological polar surface area (TPSA) is 53.2 Å². The molecular formula is C11H10BrNO2. The Labute approximate surface area is 96.7 Å². The average molecular weight is 268 g/mol. The van der Waals surface area contributed by atoms with Gasteiger partial charge < -0.3 is 9.84 Å². The van der Waals surface area contributed by atoms with Crippen molar-refractivity contribution in [3.8, 4) is 17.6 Å². The Bertz CT molecular complexity index is 421. The summed E-state index contributed by atoms with van der Waals surface area (Å²) in [5.41, 5.74) is 1.03. The maximum Gasteiger partial charge on any atom is 0.165 e. The third-order valence-electron chi connectivity index (χ3n) is 1.84. The van der Waals surface area contributed by atoms with E-state index in [4.69, 9.17) is 10.00 Å². The van der Waals surface area contributed by atoms with Gasteiger partial charge in [0.05, 0.1) is 18.7 Å². The summed E-state index contributed by atoms with van der Waals surface area (Å²) in [6.07, 6.45) is 3.56. The fraction of sp³-hybridized carbons (Fsp3) is 0.182. The number of nitrogens with zero attached hydrogens (tertiary/aromatic N) is 1. The van der Waals surface area contributed by atoms with Gasteiger partial charge in [-0.2, -0.15) is 5.26 Å². The van der Waals surface area contributed by atoms with Crippen LogP contribution in [0.1, 0.15) is 11.1 Å². The van der Waals surface area contributed by atoms with Gasteiger partial charge in [0.1, 0.15) is 0 Å². The molecule has 1 aromatic rings. The van der Waals surface area contributed by atoms with Crippen molar-refractivity contribution >= 4 is 22.0 Å². The molecule has 0 bridgehead atoms. The van der Waals surface area contributed by atoms with Crippen molar-refractivity contribution in [3.63, 3.8) is 0 Å². The Balaban J connectivity index is 3.25. The van der Waals surface area contributed by atoms with Crippen molar-refractivity contribution in [1.29, 1.82) is 5.26 Å². The van der Waals surface area contributed by atoms with Gasteiger partial charge in [0.25, 0.3) is 0 Å². The second kappa shape index (κ2) is 5.42. The van der Waals surface area contributed by atoms with Gasteiger partial charge in [-0.1, -0.05) is 28.1 Å². The molecule has 78 valence electrons. The van der Waals surface area contributed by atoms with Crippen molar-refractivity contribution in [2.75, 3.05) is 12.4 Å². The third-order valence-corrected chi connectivity index (χ3v) is 2.21. The minimum Gasteiger partial charge on any atom is -0.504 e. The van der Waals surface area contributed by atoms with E-state index < -0.39 is 0 Å². The Hall–Kier alpha value is -1.47. The van der Waals surface area contributed by atoms with Crippen molar-refractivity contribution in [1.82, 2.24) is 0 Å². The quantitative estimate of drug-likeness (QED) is 0.857. The molecule has 15 heavy (non-hydrogen) atoms. The van der Waals surface area contributed by atoms with Gasteiger partial charge in [-0.3, -0.25) is 0 Å². The molecule has 1 rings (SSSR count). The number of alkyl halides is 1. The third kappa shape index (κ3) is 2.74. The van der Waals surface area contributed by atoms with Crippen molar-refractivity contribution < 1.29 is 9.84 Å². The zero-order valence-corrected chi connectivity index (χ0v) is 9.78. The van der Waals surface area contributed by atoms with Gasteiger partial charge in [0.15, 0.2) is 11.5 Å². The lowest BCUT2D eigenvalue weighted by Crippen LogP contribution is -1.88. The second-order valence-corrected chi connectivity index (χ2v) is 3.43. The molecule has 0 unspecified atom stereocenters. The molecule has 0 spiro atoms. The molecule has 0 radical (unpaired) electrons. The zero-order valence-electron chi connectivity index (χ0n) is 8.20. The van der Waals surface area contributed by atoms with E-state index in [1.165, 1.54) is 13.2 Å². The van der Waals surface area contributed by atoms with Crippen LogP contribution in [0.3, 0.4) is 0 Å². The van der Waals surface area contributed by atoms with E-state index in [0.717, 1.165) is 0 Å². The maximum atomic E-state index is 9.73. The zero-order chi connectivity index (χ0) is 11.3.